The third kappa shape index (κ3) is 5.20. The number of likely N-dealkylation sites (tertiary alicyclic amines) is 1. The van der Waals surface area contributed by atoms with Gasteiger partial charge in [-0.3, -0.25) is 4.79 Å². The monoisotopic (exact) mass is 379 g/mol. The van der Waals surface area contributed by atoms with Crippen LogP contribution in [0.3, 0.4) is 0 Å². The lowest BCUT2D eigenvalue weighted by atomic mass is 9.97. The molecule has 1 fully saturated rings. The van der Waals surface area contributed by atoms with Crippen molar-refractivity contribution in [3.8, 4) is 0 Å². The molecule has 0 aromatic heterocycles. The summed E-state index contributed by atoms with van der Waals surface area (Å²) >= 11 is 3.37. The molecule has 124 valence electrons. The van der Waals surface area contributed by atoms with E-state index in [9.17, 15) is 9.59 Å². The molecule has 0 bridgehead atoms. The number of piperidine rings is 1. The van der Waals surface area contributed by atoms with Gasteiger partial charge in [-0.15, -0.1) is 0 Å². The molecule has 1 aliphatic rings. The predicted octanol–water partition coefficient (Wildman–Crippen LogP) is 3.80. The Morgan fingerprint density at radius 3 is 2.65 bits per heavy atom. The van der Waals surface area contributed by atoms with Crippen LogP contribution < -0.4 is 0 Å². The van der Waals surface area contributed by atoms with Crippen molar-refractivity contribution in [1.29, 1.82) is 0 Å². The topological polar surface area (TPSA) is 46.6 Å². The van der Waals surface area contributed by atoms with Crippen molar-refractivity contribution in [3.05, 3.63) is 40.4 Å². The summed E-state index contributed by atoms with van der Waals surface area (Å²) in [4.78, 5) is 25.9. The lowest BCUT2D eigenvalue weighted by molar-refractivity contribution is -0.151. The van der Waals surface area contributed by atoms with Gasteiger partial charge in [0.2, 0.25) is 0 Å². The number of hydrogen-bond acceptors (Lipinski definition) is 3. The van der Waals surface area contributed by atoms with Gasteiger partial charge in [0.05, 0.1) is 0 Å². The van der Waals surface area contributed by atoms with Gasteiger partial charge in [0, 0.05) is 22.6 Å². The zero-order valence-electron chi connectivity index (χ0n) is 13.5. The molecule has 5 heteroatoms. The van der Waals surface area contributed by atoms with E-state index < -0.39 is 5.97 Å². The second-order valence-corrected chi connectivity index (χ2v) is 6.84. The number of halogens is 1. The number of rotatable bonds is 4. The van der Waals surface area contributed by atoms with E-state index in [1.165, 1.54) is 6.08 Å². The summed E-state index contributed by atoms with van der Waals surface area (Å²) in [7, 11) is 0. The number of ether oxygens (including phenoxy) is 1. The summed E-state index contributed by atoms with van der Waals surface area (Å²) in [5, 5.41) is 0. The summed E-state index contributed by atoms with van der Waals surface area (Å²) in [6.45, 7) is 3.89. The van der Waals surface area contributed by atoms with Crippen molar-refractivity contribution in [2.24, 2.45) is 0 Å². The van der Waals surface area contributed by atoms with Gasteiger partial charge in [0.25, 0.3) is 5.91 Å². The Bertz CT molecular complexity index is 590. The van der Waals surface area contributed by atoms with Crippen LogP contribution in [-0.2, 0) is 14.3 Å². The normalized spacial score (nSPS) is 21.4. The zero-order valence-corrected chi connectivity index (χ0v) is 15.1. The molecule has 2 atom stereocenters. The summed E-state index contributed by atoms with van der Waals surface area (Å²) in [5.74, 6) is -0.621. The maximum atomic E-state index is 12.3. The molecule has 0 N–H and O–H groups in total. The summed E-state index contributed by atoms with van der Waals surface area (Å²) < 4.78 is 6.02. The van der Waals surface area contributed by atoms with E-state index in [1.54, 1.807) is 6.08 Å². The Morgan fingerprint density at radius 2 is 2.00 bits per heavy atom. The Morgan fingerprint density at radius 1 is 1.30 bits per heavy atom. The van der Waals surface area contributed by atoms with E-state index in [1.807, 2.05) is 43.0 Å². The number of carbonyl (C=O) groups excluding carboxylic acids is 2. The third-order valence-corrected chi connectivity index (χ3v) is 4.57. The molecule has 1 heterocycles. The van der Waals surface area contributed by atoms with Crippen LogP contribution in [0.1, 0.15) is 38.7 Å². The largest absolute Gasteiger partial charge is 0.452 e. The third-order valence-electron chi connectivity index (χ3n) is 4.08. The number of carbonyl (C=O) groups is 2. The fraction of sp³-hybridized carbons (Fsp3) is 0.444. The van der Waals surface area contributed by atoms with E-state index in [0.717, 1.165) is 29.3 Å². The van der Waals surface area contributed by atoms with E-state index in [2.05, 4.69) is 15.9 Å². The summed E-state index contributed by atoms with van der Waals surface area (Å²) in [5.41, 5.74) is 0.890. The SMILES string of the molecule is C[C@@H]1CCC[C@@H](C)N1C(=O)COC(=O)/C=C/c1cccc(Br)c1. The minimum Gasteiger partial charge on any atom is -0.452 e. The highest BCUT2D eigenvalue weighted by atomic mass is 79.9. The molecule has 2 rings (SSSR count). The highest BCUT2D eigenvalue weighted by Gasteiger charge is 2.29. The molecule has 0 spiro atoms. The van der Waals surface area contributed by atoms with Gasteiger partial charge < -0.3 is 9.64 Å². The highest BCUT2D eigenvalue weighted by Crippen LogP contribution is 2.22. The quantitative estimate of drug-likeness (QED) is 0.590. The van der Waals surface area contributed by atoms with Crippen LogP contribution in [0.5, 0.6) is 0 Å². The molecule has 0 saturated carbocycles. The molecule has 1 aromatic rings. The van der Waals surface area contributed by atoms with Crippen molar-refractivity contribution in [3.63, 3.8) is 0 Å². The van der Waals surface area contributed by atoms with E-state index in [-0.39, 0.29) is 24.6 Å². The molecule has 0 aliphatic carbocycles. The van der Waals surface area contributed by atoms with Crippen molar-refractivity contribution >= 4 is 33.9 Å². The second kappa shape index (κ2) is 8.29. The minimum absolute atomic E-state index is 0.117. The van der Waals surface area contributed by atoms with Crippen molar-refractivity contribution in [2.45, 2.75) is 45.2 Å². The van der Waals surface area contributed by atoms with Gasteiger partial charge >= 0.3 is 5.97 Å². The van der Waals surface area contributed by atoms with E-state index in [0.29, 0.717) is 0 Å². The van der Waals surface area contributed by atoms with Gasteiger partial charge in [-0.2, -0.15) is 0 Å². The van der Waals surface area contributed by atoms with Crippen LogP contribution in [0, 0.1) is 0 Å². The Hall–Kier alpha value is -1.62. The number of benzene rings is 1. The first-order chi connectivity index (χ1) is 11.0. The maximum Gasteiger partial charge on any atom is 0.331 e. The first kappa shape index (κ1) is 17.7. The molecular weight excluding hydrogens is 358 g/mol. The molecule has 1 amide bonds. The lowest BCUT2D eigenvalue weighted by Crippen LogP contribution is -2.49. The Labute approximate surface area is 145 Å². The van der Waals surface area contributed by atoms with Crippen LogP contribution in [0.25, 0.3) is 6.08 Å². The van der Waals surface area contributed by atoms with Gasteiger partial charge in [-0.1, -0.05) is 28.1 Å². The smallest absolute Gasteiger partial charge is 0.331 e. The van der Waals surface area contributed by atoms with E-state index in [4.69, 9.17) is 4.74 Å². The zero-order chi connectivity index (χ0) is 16.8. The predicted molar refractivity (Wildman–Crippen MR) is 93.8 cm³/mol. The Kier molecular flexibility index (Phi) is 6.39. The molecule has 0 unspecified atom stereocenters. The molecule has 23 heavy (non-hydrogen) atoms. The molecule has 0 radical (unpaired) electrons. The molecular formula is C18H22BrNO3. The first-order valence-electron chi connectivity index (χ1n) is 7.89. The number of hydrogen-bond donors (Lipinski definition) is 0. The summed E-state index contributed by atoms with van der Waals surface area (Å²) in [6, 6.07) is 8.00. The number of amides is 1. The molecule has 4 nitrogen and oxygen atoms in total. The molecule has 1 aromatic carbocycles. The Balaban J connectivity index is 1.85. The summed E-state index contributed by atoms with van der Waals surface area (Å²) in [6.07, 6.45) is 6.17. The maximum absolute atomic E-state index is 12.3. The van der Waals surface area contributed by atoms with Crippen LogP contribution in [0.2, 0.25) is 0 Å². The van der Waals surface area contributed by atoms with Gasteiger partial charge in [0.1, 0.15) is 0 Å². The van der Waals surface area contributed by atoms with Gasteiger partial charge in [-0.25, -0.2) is 4.79 Å². The van der Waals surface area contributed by atoms with Crippen LogP contribution in [0.4, 0.5) is 0 Å². The highest BCUT2D eigenvalue weighted by molar-refractivity contribution is 9.10. The standard InChI is InChI=1S/C18H22BrNO3/c1-13-5-3-6-14(2)20(13)17(21)12-23-18(22)10-9-15-7-4-8-16(19)11-15/h4,7-11,13-14H,3,5-6,12H2,1-2H3/b10-9+/t13-,14-/m1/s1. The van der Waals surface area contributed by atoms with Crippen molar-refractivity contribution in [2.75, 3.05) is 6.61 Å². The average Bonchev–Trinajstić information content (AvgIpc) is 2.51. The fourth-order valence-corrected chi connectivity index (χ4v) is 3.36. The van der Waals surface area contributed by atoms with Crippen molar-refractivity contribution < 1.29 is 14.3 Å². The molecule has 1 aliphatic heterocycles. The van der Waals surface area contributed by atoms with Crippen molar-refractivity contribution in [1.82, 2.24) is 4.90 Å². The number of nitrogens with zero attached hydrogens (tertiary/aromatic N) is 1. The minimum atomic E-state index is -0.504. The number of esters is 1. The van der Waals surface area contributed by atoms with Crippen LogP contribution in [0.15, 0.2) is 34.8 Å². The van der Waals surface area contributed by atoms with Crippen LogP contribution in [-0.4, -0.2) is 35.5 Å². The van der Waals surface area contributed by atoms with Gasteiger partial charge in [0.15, 0.2) is 6.61 Å². The average molecular weight is 380 g/mol. The van der Waals surface area contributed by atoms with Crippen LogP contribution >= 0.6 is 15.9 Å². The van der Waals surface area contributed by atoms with Gasteiger partial charge in [-0.05, 0) is 56.9 Å². The molecule has 1 saturated heterocycles. The van der Waals surface area contributed by atoms with E-state index >= 15 is 0 Å². The second-order valence-electron chi connectivity index (χ2n) is 5.93. The lowest BCUT2D eigenvalue weighted by Gasteiger charge is -2.38. The first-order valence-corrected chi connectivity index (χ1v) is 8.68. The fourth-order valence-electron chi connectivity index (χ4n) is 2.94.